The van der Waals surface area contributed by atoms with E-state index in [0.717, 1.165) is 0 Å². The van der Waals surface area contributed by atoms with Crippen LogP contribution >= 0.6 is 15.9 Å². The Morgan fingerprint density at radius 2 is 2.00 bits per heavy atom. The SMILES string of the molecule is COC(=O)CCCN(C)S(=O)(=O)c1cc(Br)ccc1OC. The van der Waals surface area contributed by atoms with Crippen molar-refractivity contribution in [2.75, 3.05) is 27.8 Å². The van der Waals surface area contributed by atoms with Gasteiger partial charge < -0.3 is 9.47 Å². The molecule has 0 radical (unpaired) electrons. The molecular weight excluding hydrogens is 362 g/mol. The van der Waals surface area contributed by atoms with Crippen LogP contribution < -0.4 is 4.74 Å². The molecule has 118 valence electrons. The minimum atomic E-state index is -3.68. The van der Waals surface area contributed by atoms with E-state index in [1.54, 1.807) is 12.1 Å². The zero-order valence-electron chi connectivity index (χ0n) is 12.1. The van der Waals surface area contributed by atoms with Gasteiger partial charge in [0.2, 0.25) is 10.0 Å². The van der Waals surface area contributed by atoms with Crippen LogP contribution in [0.5, 0.6) is 5.75 Å². The second-order valence-corrected chi connectivity index (χ2v) is 7.23. The molecule has 0 heterocycles. The minimum Gasteiger partial charge on any atom is -0.495 e. The Labute approximate surface area is 133 Å². The van der Waals surface area contributed by atoms with E-state index in [-0.39, 0.29) is 29.6 Å². The molecule has 6 nitrogen and oxygen atoms in total. The smallest absolute Gasteiger partial charge is 0.305 e. The number of hydrogen-bond donors (Lipinski definition) is 0. The van der Waals surface area contributed by atoms with Crippen molar-refractivity contribution < 1.29 is 22.7 Å². The fourth-order valence-electron chi connectivity index (χ4n) is 1.69. The number of methoxy groups -OCH3 is 2. The second kappa shape index (κ2) is 7.77. The van der Waals surface area contributed by atoms with Crippen LogP contribution in [0, 0.1) is 0 Å². The van der Waals surface area contributed by atoms with Gasteiger partial charge in [0.05, 0.1) is 14.2 Å². The average Bonchev–Trinajstić information content (AvgIpc) is 2.46. The van der Waals surface area contributed by atoms with Gasteiger partial charge in [0.15, 0.2) is 0 Å². The van der Waals surface area contributed by atoms with Crippen LogP contribution in [0.4, 0.5) is 0 Å². The van der Waals surface area contributed by atoms with Crippen molar-refractivity contribution in [2.45, 2.75) is 17.7 Å². The van der Waals surface area contributed by atoms with E-state index in [1.165, 1.54) is 31.6 Å². The van der Waals surface area contributed by atoms with Crippen molar-refractivity contribution in [3.63, 3.8) is 0 Å². The molecule has 0 N–H and O–H groups in total. The lowest BCUT2D eigenvalue weighted by atomic mass is 10.3. The van der Waals surface area contributed by atoms with Gasteiger partial charge >= 0.3 is 5.97 Å². The number of rotatable bonds is 7. The Morgan fingerprint density at radius 1 is 1.33 bits per heavy atom. The highest BCUT2D eigenvalue weighted by molar-refractivity contribution is 9.10. The average molecular weight is 380 g/mol. The molecule has 0 aromatic heterocycles. The van der Waals surface area contributed by atoms with E-state index in [9.17, 15) is 13.2 Å². The molecule has 0 bridgehead atoms. The number of carbonyl (C=O) groups excluding carboxylic acids is 1. The molecule has 1 aromatic rings. The summed E-state index contributed by atoms with van der Waals surface area (Å²) in [4.78, 5) is 11.1. The summed E-state index contributed by atoms with van der Waals surface area (Å²) in [6.07, 6.45) is 0.560. The van der Waals surface area contributed by atoms with Crippen molar-refractivity contribution in [3.8, 4) is 5.75 Å². The van der Waals surface area contributed by atoms with Crippen molar-refractivity contribution in [1.82, 2.24) is 4.31 Å². The first-order valence-electron chi connectivity index (χ1n) is 6.19. The lowest BCUT2D eigenvalue weighted by Gasteiger charge is -2.18. The third-order valence-electron chi connectivity index (χ3n) is 2.90. The van der Waals surface area contributed by atoms with Gasteiger partial charge in [-0.15, -0.1) is 0 Å². The molecule has 0 aliphatic carbocycles. The van der Waals surface area contributed by atoms with Crippen LogP contribution in [-0.4, -0.2) is 46.5 Å². The number of nitrogens with zero attached hydrogens (tertiary/aromatic N) is 1. The molecule has 0 amide bonds. The van der Waals surface area contributed by atoms with E-state index in [4.69, 9.17) is 4.74 Å². The zero-order chi connectivity index (χ0) is 16.0. The Morgan fingerprint density at radius 3 is 2.57 bits per heavy atom. The molecule has 0 spiro atoms. The topological polar surface area (TPSA) is 72.9 Å². The Balaban J connectivity index is 2.89. The molecule has 1 rings (SSSR count). The van der Waals surface area contributed by atoms with Gasteiger partial charge in [-0.3, -0.25) is 4.79 Å². The van der Waals surface area contributed by atoms with E-state index in [1.807, 2.05) is 0 Å². The Hall–Kier alpha value is -1.12. The molecule has 0 saturated heterocycles. The largest absolute Gasteiger partial charge is 0.495 e. The summed E-state index contributed by atoms with van der Waals surface area (Å²) in [7, 11) is 0.499. The highest BCUT2D eigenvalue weighted by Crippen LogP contribution is 2.29. The Kier molecular flexibility index (Phi) is 6.63. The summed E-state index contributed by atoms with van der Waals surface area (Å²) < 4.78 is 36.5. The van der Waals surface area contributed by atoms with E-state index in [0.29, 0.717) is 10.9 Å². The normalized spacial score (nSPS) is 11.5. The van der Waals surface area contributed by atoms with Crippen LogP contribution in [-0.2, 0) is 19.6 Å². The third kappa shape index (κ3) is 4.69. The summed E-state index contributed by atoms with van der Waals surface area (Å²) in [5.41, 5.74) is 0. The quantitative estimate of drug-likeness (QED) is 0.677. The fourth-order valence-corrected chi connectivity index (χ4v) is 3.59. The molecule has 0 unspecified atom stereocenters. The number of hydrogen-bond acceptors (Lipinski definition) is 5. The number of carbonyl (C=O) groups is 1. The van der Waals surface area contributed by atoms with E-state index < -0.39 is 10.0 Å². The van der Waals surface area contributed by atoms with Crippen molar-refractivity contribution in [2.24, 2.45) is 0 Å². The van der Waals surface area contributed by atoms with E-state index >= 15 is 0 Å². The minimum absolute atomic E-state index is 0.0833. The first kappa shape index (κ1) is 17.9. The highest BCUT2D eigenvalue weighted by atomic mass is 79.9. The third-order valence-corrected chi connectivity index (χ3v) is 5.27. The molecule has 0 aliphatic heterocycles. The van der Waals surface area contributed by atoms with Gasteiger partial charge in [0.25, 0.3) is 0 Å². The van der Waals surface area contributed by atoms with Crippen LogP contribution in [0.1, 0.15) is 12.8 Å². The maximum atomic E-state index is 12.5. The number of esters is 1. The molecular formula is C13H18BrNO5S. The summed E-state index contributed by atoms with van der Waals surface area (Å²) in [5, 5.41) is 0. The van der Waals surface area contributed by atoms with Crippen LogP contribution in [0.15, 0.2) is 27.6 Å². The number of halogens is 1. The lowest BCUT2D eigenvalue weighted by Crippen LogP contribution is -2.28. The molecule has 8 heteroatoms. The highest BCUT2D eigenvalue weighted by Gasteiger charge is 2.25. The maximum absolute atomic E-state index is 12.5. The van der Waals surface area contributed by atoms with Crippen molar-refractivity contribution in [1.29, 1.82) is 0 Å². The van der Waals surface area contributed by atoms with Crippen molar-refractivity contribution >= 4 is 31.9 Å². The van der Waals surface area contributed by atoms with Gasteiger partial charge in [-0.1, -0.05) is 15.9 Å². The van der Waals surface area contributed by atoms with Crippen LogP contribution in [0.25, 0.3) is 0 Å². The second-order valence-electron chi connectivity index (χ2n) is 4.30. The molecule has 21 heavy (non-hydrogen) atoms. The summed E-state index contributed by atoms with van der Waals surface area (Å²) >= 11 is 3.25. The predicted octanol–water partition coefficient (Wildman–Crippen LogP) is 2.03. The maximum Gasteiger partial charge on any atom is 0.305 e. The Bertz CT molecular complexity index is 603. The van der Waals surface area contributed by atoms with Crippen molar-refractivity contribution in [3.05, 3.63) is 22.7 Å². The number of sulfonamides is 1. The van der Waals surface area contributed by atoms with E-state index in [2.05, 4.69) is 20.7 Å². The summed E-state index contributed by atoms with van der Waals surface area (Å²) in [6, 6.07) is 4.78. The molecule has 0 saturated carbocycles. The monoisotopic (exact) mass is 379 g/mol. The number of ether oxygens (including phenoxy) is 2. The number of benzene rings is 1. The summed E-state index contributed by atoms with van der Waals surface area (Å²) in [6.45, 7) is 0.215. The fraction of sp³-hybridized carbons (Fsp3) is 0.462. The van der Waals surface area contributed by atoms with Gasteiger partial charge in [-0.2, -0.15) is 0 Å². The molecule has 1 aromatic carbocycles. The van der Waals surface area contributed by atoms with Gasteiger partial charge in [-0.05, 0) is 24.6 Å². The standard InChI is InChI=1S/C13H18BrNO5S/c1-15(8-4-5-13(16)20-3)21(17,18)12-9-10(14)6-7-11(12)19-2/h6-7,9H,4-5,8H2,1-3H3. The zero-order valence-corrected chi connectivity index (χ0v) is 14.5. The predicted molar refractivity (Wildman–Crippen MR) is 81.8 cm³/mol. The summed E-state index contributed by atoms with van der Waals surface area (Å²) in [5.74, 6) is -0.0844. The molecule has 0 atom stereocenters. The van der Waals surface area contributed by atoms with Gasteiger partial charge in [-0.25, -0.2) is 12.7 Å². The molecule has 0 fully saturated rings. The van der Waals surface area contributed by atoms with Crippen LogP contribution in [0.2, 0.25) is 0 Å². The first-order chi connectivity index (χ1) is 9.82. The van der Waals surface area contributed by atoms with Gasteiger partial charge in [0, 0.05) is 24.5 Å². The first-order valence-corrected chi connectivity index (χ1v) is 8.43. The molecule has 0 aliphatic rings. The van der Waals surface area contributed by atoms with Gasteiger partial charge in [0.1, 0.15) is 10.6 Å². The lowest BCUT2D eigenvalue weighted by molar-refractivity contribution is -0.140. The van der Waals surface area contributed by atoms with Crippen LogP contribution in [0.3, 0.4) is 0 Å².